The molecule has 0 saturated heterocycles. The van der Waals surface area contributed by atoms with Crippen LogP contribution in [0.5, 0.6) is 11.6 Å². The van der Waals surface area contributed by atoms with E-state index in [0.29, 0.717) is 18.2 Å². The Labute approximate surface area is 150 Å². The molecule has 0 bridgehead atoms. The van der Waals surface area contributed by atoms with Crippen molar-refractivity contribution in [1.82, 2.24) is 25.1 Å². The zero-order valence-corrected chi connectivity index (χ0v) is 13.8. The normalized spacial score (nSPS) is 10.5. The second-order valence-electron chi connectivity index (χ2n) is 5.54. The lowest BCUT2D eigenvalue weighted by Gasteiger charge is -2.08. The third-order valence-electron chi connectivity index (χ3n) is 3.74. The molecule has 0 aromatic carbocycles. The largest absolute Gasteiger partial charge is 0.437 e. The Kier molecular flexibility index (Phi) is 4.51. The maximum atomic E-state index is 5.64. The monoisotopic (exact) mass is 344 g/mol. The van der Waals surface area contributed by atoms with Gasteiger partial charge in [0.25, 0.3) is 0 Å². The summed E-state index contributed by atoms with van der Waals surface area (Å²) in [6.07, 6.45) is 10.4. The van der Waals surface area contributed by atoms with E-state index in [0.717, 1.165) is 22.5 Å². The van der Waals surface area contributed by atoms with Crippen LogP contribution in [0.25, 0.3) is 11.3 Å². The zero-order chi connectivity index (χ0) is 17.6. The molecular weight excluding hydrogens is 328 g/mol. The first-order valence-corrected chi connectivity index (χ1v) is 8.09. The molecule has 4 aromatic heterocycles. The molecule has 26 heavy (non-hydrogen) atoms. The molecule has 0 aliphatic rings. The number of H-pyrrole nitrogens is 1. The molecule has 0 radical (unpaired) electrons. The van der Waals surface area contributed by atoms with Crippen LogP contribution in [0.3, 0.4) is 0 Å². The number of aromatic nitrogens is 5. The molecule has 4 rings (SSSR count). The van der Waals surface area contributed by atoms with Gasteiger partial charge in [0.15, 0.2) is 0 Å². The lowest BCUT2D eigenvalue weighted by Crippen LogP contribution is -2.00. The van der Waals surface area contributed by atoms with Gasteiger partial charge in [0.1, 0.15) is 5.75 Å². The fraction of sp³-hybridized carbons (Fsp3) is 0.0526. The van der Waals surface area contributed by atoms with Crippen LogP contribution in [0.15, 0.2) is 73.6 Å². The van der Waals surface area contributed by atoms with E-state index in [1.807, 2.05) is 48.8 Å². The van der Waals surface area contributed by atoms with Gasteiger partial charge in [-0.2, -0.15) is 5.10 Å². The SMILES string of the molecule is c1cncc(Oc2ccc(NCc3cn[nH]c3-c3cccnc3)cn2)c1. The molecule has 0 aliphatic heterocycles. The summed E-state index contributed by atoms with van der Waals surface area (Å²) in [7, 11) is 0. The fourth-order valence-electron chi connectivity index (χ4n) is 2.48. The number of nitrogens with zero attached hydrogens (tertiary/aromatic N) is 4. The van der Waals surface area contributed by atoms with Gasteiger partial charge < -0.3 is 10.1 Å². The number of nitrogens with one attached hydrogen (secondary N) is 2. The van der Waals surface area contributed by atoms with Gasteiger partial charge in [-0.15, -0.1) is 0 Å². The first-order chi connectivity index (χ1) is 12.9. The molecule has 0 spiro atoms. The molecule has 0 amide bonds. The molecule has 7 heteroatoms. The summed E-state index contributed by atoms with van der Waals surface area (Å²) in [5.74, 6) is 1.17. The van der Waals surface area contributed by atoms with Crippen molar-refractivity contribution >= 4 is 5.69 Å². The van der Waals surface area contributed by atoms with Crippen LogP contribution in [0.1, 0.15) is 5.56 Å². The van der Waals surface area contributed by atoms with Crippen molar-refractivity contribution in [1.29, 1.82) is 0 Å². The Balaban J connectivity index is 1.41. The minimum Gasteiger partial charge on any atom is -0.437 e. The predicted octanol–water partition coefficient (Wildman–Crippen LogP) is 3.67. The Bertz CT molecular complexity index is 954. The van der Waals surface area contributed by atoms with Crippen LogP contribution in [-0.4, -0.2) is 25.1 Å². The summed E-state index contributed by atoms with van der Waals surface area (Å²) < 4.78 is 5.64. The topological polar surface area (TPSA) is 88.6 Å². The fourth-order valence-corrected chi connectivity index (χ4v) is 2.48. The molecule has 4 heterocycles. The standard InChI is InChI=1S/C19H16N6O/c1-3-14(9-20-7-1)19-15(11-24-25-19)10-22-16-5-6-18(23-12-16)26-17-4-2-8-21-13-17/h1-9,11-13,22H,10H2,(H,24,25). The van der Waals surface area contributed by atoms with E-state index < -0.39 is 0 Å². The van der Waals surface area contributed by atoms with Crippen LogP contribution in [0.2, 0.25) is 0 Å². The van der Waals surface area contributed by atoms with Gasteiger partial charge in [-0.25, -0.2) is 4.98 Å². The van der Waals surface area contributed by atoms with Gasteiger partial charge in [0.2, 0.25) is 5.88 Å². The molecule has 0 atom stereocenters. The molecule has 128 valence electrons. The van der Waals surface area contributed by atoms with Gasteiger partial charge in [-0.1, -0.05) is 0 Å². The van der Waals surface area contributed by atoms with E-state index in [9.17, 15) is 0 Å². The van der Waals surface area contributed by atoms with E-state index in [1.54, 1.807) is 24.8 Å². The van der Waals surface area contributed by atoms with Crippen LogP contribution in [-0.2, 0) is 6.54 Å². The quantitative estimate of drug-likeness (QED) is 0.555. The summed E-state index contributed by atoms with van der Waals surface area (Å²) in [5.41, 5.74) is 3.89. The van der Waals surface area contributed by atoms with Crippen molar-refractivity contribution in [2.75, 3.05) is 5.32 Å². The molecule has 0 aliphatic carbocycles. The lowest BCUT2D eigenvalue weighted by molar-refractivity contribution is 0.461. The van der Waals surface area contributed by atoms with Gasteiger partial charge in [-0.05, 0) is 30.3 Å². The minimum atomic E-state index is 0.517. The predicted molar refractivity (Wildman–Crippen MR) is 97.7 cm³/mol. The summed E-state index contributed by atoms with van der Waals surface area (Å²) in [6, 6.07) is 11.3. The smallest absolute Gasteiger partial charge is 0.219 e. The second kappa shape index (κ2) is 7.43. The number of anilines is 1. The summed E-state index contributed by atoms with van der Waals surface area (Å²) >= 11 is 0. The Morgan fingerprint density at radius 2 is 1.81 bits per heavy atom. The third kappa shape index (κ3) is 3.67. The number of aromatic amines is 1. The van der Waals surface area contributed by atoms with Gasteiger partial charge >= 0.3 is 0 Å². The van der Waals surface area contributed by atoms with Crippen molar-refractivity contribution in [3.8, 4) is 22.9 Å². The minimum absolute atomic E-state index is 0.517. The van der Waals surface area contributed by atoms with Crippen molar-refractivity contribution in [3.05, 3.63) is 79.1 Å². The number of hydrogen-bond donors (Lipinski definition) is 2. The zero-order valence-electron chi connectivity index (χ0n) is 13.8. The Hall–Kier alpha value is -3.74. The number of ether oxygens (including phenoxy) is 1. The molecular formula is C19H16N6O. The van der Waals surface area contributed by atoms with Gasteiger partial charge in [0, 0.05) is 42.3 Å². The maximum Gasteiger partial charge on any atom is 0.219 e. The average Bonchev–Trinajstić information content (AvgIpc) is 3.18. The summed E-state index contributed by atoms with van der Waals surface area (Å²) in [4.78, 5) is 12.5. The van der Waals surface area contributed by atoms with E-state index in [2.05, 4.69) is 30.5 Å². The molecule has 2 N–H and O–H groups in total. The molecule has 0 fully saturated rings. The Morgan fingerprint density at radius 1 is 0.923 bits per heavy atom. The first kappa shape index (κ1) is 15.8. The van der Waals surface area contributed by atoms with Crippen molar-refractivity contribution in [3.63, 3.8) is 0 Å². The average molecular weight is 344 g/mol. The highest BCUT2D eigenvalue weighted by Crippen LogP contribution is 2.22. The highest BCUT2D eigenvalue weighted by Gasteiger charge is 2.08. The lowest BCUT2D eigenvalue weighted by atomic mass is 10.1. The highest BCUT2D eigenvalue weighted by atomic mass is 16.5. The number of rotatable bonds is 6. The van der Waals surface area contributed by atoms with E-state index in [1.165, 1.54) is 0 Å². The number of hydrogen-bond acceptors (Lipinski definition) is 6. The molecule has 7 nitrogen and oxygen atoms in total. The second-order valence-corrected chi connectivity index (χ2v) is 5.54. The van der Waals surface area contributed by atoms with Crippen LogP contribution >= 0.6 is 0 Å². The number of pyridine rings is 3. The molecule has 0 unspecified atom stereocenters. The van der Waals surface area contributed by atoms with E-state index in [-0.39, 0.29) is 0 Å². The van der Waals surface area contributed by atoms with Crippen molar-refractivity contribution in [2.24, 2.45) is 0 Å². The van der Waals surface area contributed by atoms with E-state index in [4.69, 9.17) is 4.74 Å². The summed E-state index contributed by atoms with van der Waals surface area (Å²) in [6.45, 7) is 0.616. The Morgan fingerprint density at radius 3 is 2.54 bits per heavy atom. The third-order valence-corrected chi connectivity index (χ3v) is 3.74. The van der Waals surface area contributed by atoms with Gasteiger partial charge in [0.05, 0.1) is 30.0 Å². The van der Waals surface area contributed by atoms with Crippen molar-refractivity contribution < 1.29 is 4.74 Å². The van der Waals surface area contributed by atoms with Crippen LogP contribution in [0.4, 0.5) is 5.69 Å². The van der Waals surface area contributed by atoms with Gasteiger partial charge in [-0.3, -0.25) is 15.1 Å². The van der Waals surface area contributed by atoms with Crippen molar-refractivity contribution in [2.45, 2.75) is 6.54 Å². The molecule has 0 saturated carbocycles. The van der Waals surface area contributed by atoms with Crippen LogP contribution < -0.4 is 10.1 Å². The van der Waals surface area contributed by atoms with E-state index >= 15 is 0 Å². The summed E-state index contributed by atoms with van der Waals surface area (Å²) in [5, 5.41) is 10.5. The highest BCUT2D eigenvalue weighted by molar-refractivity contribution is 5.62. The first-order valence-electron chi connectivity index (χ1n) is 8.09. The van der Waals surface area contributed by atoms with Crippen LogP contribution in [0, 0.1) is 0 Å². The molecule has 4 aromatic rings. The maximum absolute atomic E-state index is 5.64.